The molecular formula is C8H18Si. The van der Waals surface area contributed by atoms with E-state index in [2.05, 4.69) is 13.8 Å². The van der Waals surface area contributed by atoms with E-state index in [4.69, 9.17) is 0 Å². The van der Waals surface area contributed by atoms with Crippen LogP contribution in [0.4, 0.5) is 0 Å². The molecule has 1 rings (SSSR count). The summed E-state index contributed by atoms with van der Waals surface area (Å²) in [6.45, 7) is 4.84. The lowest BCUT2D eigenvalue weighted by atomic mass is 10.3. The highest BCUT2D eigenvalue weighted by molar-refractivity contribution is 6.60. The van der Waals surface area contributed by atoms with E-state index >= 15 is 0 Å². The van der Waals surface area contributed by atoms with E-state index in [0.29, 0.717) is 0 Å². The van der Waals surface area contributed by atoms with Crippen molar-refractivity contribution in [2.75, 3.05) is 0 Å². The summed E-state index contributed by atoms with van der Waals surface area (Å²) in [4.78, 5) is 0. The van der Waals surface area contributed by atoms with E-state index in [1.165, 1.54) is 6.42 Å². The molecule has 1 fully saturated rings. The first-order valence-corrected chi connectivity index (χ1v) is 6.60. The van der Waals surface area contributed by atoms with Crippen molar-refractivity contribution in [2.24, 2.45) is 0 Å². The van der Waals surface area contributed by atoms with Gasteiger partial charge in [0.2, 0.25) is 0 Å². The van der Waals surface area contributed by atoms with E-state index in [9.17, 15) is 0 Å². The molecule has 0 radical (unpaired) electrons. The van der Waals surface area contributed by atoms with Crippen LogP contribution in [0.2, 0.25) is 17.6 Å². The topological polar surface area (TPSA) is 0 Å². The second kappa shape index (κ2) is 3.40. The Morgan fingerprint density at radius 2 is 1.56 bits per heavy atom. The Kier molecular flexibility index (Phi) is 2.77. The molecular weight excluding hydrogens is 124 g/mol. The minimum atomic E-state index is -0.199. The summed E-state index contributed by atoms with van der Waals surface area (Å²) in [5, 5.41) is 0. The largest absolute Gasteiger partial charge is 0.0654 e. The van der Waals surface area contributed by atoms with E-state index < -0.39 is 0 Å². The summed E-state index contributed by atoms with van der Waals surface area (Å²) in [5.41, 5.74) is 1.07. The number of hydrogen-bond donors (Lipinski definition) is 0. The minimum absolute atomic E-state index is 0.199. The Morgan fingerprint density at radius 3 is 1.89 bits per heavy atom. The molecule has 0 aromatic heterocycles. The van der Waals surface area contributed by atoms with Crippen LogP contribution in [0.5, 0.6) is 0 Å². The Hall–Kier alpha value is 0.217. The van der Waals surface area contributed by atoms with Crippen LogP contribution in [0, 0.1) is 0 Å². The first kappa shape index (κ1) is 7.33. The maximum absolute atomic E-state index is 2.42. The second-order valence-corrected chi connectivity index (χ2v) is 7.65. The molecule has 1 heterocycles. The summed E-state index contributed by atoms with van der Waals surface area (Å²) >= 11 is 0. The molecule has 0 spiro atoms. The monoisotopic (exact) mass is 142 g/mol. The summed E-state index contributed by atoms with van der Waals surface area (Å²) in [7, 11) is -0.199. The van der Waals surface area contributed by atoms with Crippen molar-refractivity contribution in [1.82, 2.24) is 0 Å². The molecule has 0 bridgehead atoms. The highest BCUT2D eigenvalue weighted by Gasteiger charge is 2.17. The molecule has 0 aliphatic carbocycles. The minimum Gasteiger partial charge on any atom is -0.0654 e. The Morgan fingerprint density at radius 1 is 1.00 bits per heavy atom. The molecule has 0 aromatic carbocycles. The summed E-state index contributed by atoms with van der Waals surface area (Å²) in [5.74, 6) is 0. The predicted molar refractivity (Wildman–Crippen MR) is 45.7 cm³/mol. The Labute approximate surface area is 60.3 Å². The average molecular weight is 142 g/mol. The first-order chi connectivity index (χ1) is 4.30. The summed E-state index contributed by atoms with van der Waals surface area (Å²) in [6.07, 6.45) is 4.63. The third kappa shape index (κ3) is 2.13. The van der Waals surface area contributed by atoms with Gasteiger partial charge in [0.25, 0.3) is 0 Å². The lowest BCUT2D eigenvalue weighted by molar-refractivity contribution is 0.710. The zero-order chi connectivity index (χ0) is 6.69. The molecule has 9 heavy (non-hydrogen) atoms. The molecule has 0 unspecified atom stereocenters. The maximum atomic E-state index is 2.42. The average Bonchev–Trinajstić information content (AvgIpc) is 1.90. The summed E-state index contributed by atoms with van der Waals surface area (Å²) < 4.78 is 0. The SMILES string of the molecule is CC(C)[SiH]1CCCCC1. The van der Waals surface area contributed by atoms with E-state index in [0.717, 1.165) is 5.54 Å². The van der Waals surface area contributed by atoms with Gasteiger partial charge in [-0.25, -0.2) is 0 Å². The Balaban J connectivity index is 2.23. The van der Waals surface area contributed by atoms with Crippen molar-refractivity contribution in [3.63, 3.8) is 0 Å². The third-order valence-electron chi connectivity index (χ3n) is 2.59. The van der Waals surface area contributed by atoms with Crippen molar-refractivity contribution in [3.05, 3.63) is 0 Å². The number of rotatable bonds is 1. The molecule has 1 aliphatic heterocycles. The zero-order valence-corrected chi connectivity index (χ0v) is 7.84. The fourth-order valence-corrected chi connectivity index (χ4v) is 5.05. The van der Waals surface area contributed by atoms with Crippen LogP contribution in [0.25, 0.3) is 0 Å². The van der Waals surface area contributed by atoms with Gasteiger partial charge < -0.3 is 0 Å². The van der Waals surface area contributed by atoms with Crippen LogP contribution in [0.3, 0.4) is 0 Å². The van der Waals surface area contributed by atoms with Gasteiger partial charge in [-0.15, -0.1) is 0 Å². The lowest BCUT2D eigenvalue weighted by Gasteiger charge is -2.23. The van der Waals surface area contributed by atoms with Gasteiger partial charge in [-0.2, -0.15) is 0 Å². The van der Waals surface area contributed by atoms with Crippen molar-refractivity contribution in [2.45, 2.75) is 50.7 Å². The maximum Gasteiger partial charge on any atom is 0.0393 e. The first-order valence-electron chi connectivity index (χ1n) is 4.30. The fourth-order valence-electron chi connectivity index (χ4n) is 1.80. The van der Waals surface area contributed by atoms with Crippen LogP contribution in [0.15, 0.2) is 0 Å². The quantitative estimate of drug-likeness (QED) is 0.494. The Bertz CT molecular complexity index is 72.6. The van der Waals surface area contributed by atoms with Crippen LogP contribution >= 0.6 is 0 Å². The normalized spacial score (nSPS) is 23.0. The van der Waals surface area contributed by atoms with Gasteiger partial charge in [-0.05, 0) is 0 Å². The standard InChI is InChI=1S/C8H18Si/c1-8(2)9-6-4-3-5-7-9/h8-9H,3-7H2,1-2H3. The zero-order valence-electron chi connectivity index (χ0n) is 6.69. The second-order valence-electron chi connectivity index (χ2n) is 3.64. The fraction of sp³-hybridized carbons (Fsp3) is 1.00. The predicted octanol–water partition coefficient (Wildman–Crippen LogP) is 2.81. The van der Waals surface area contributed by atoms with Gasteiger partial charge in [0.1, 0.15) is 0 Å². The van der Waals surface area contributed by atoms with Crippen LogP contribution < -0.4 is 0 Å². The van der Waals surface area contributed by atoms with Crippen molar-refractivity contribution in [1.29, 1.82) is 0 Å². The molecule has 54 valence electrons. The molecule has 1 heteroatoms. The highest BCUT2D eigenvalue weighted by atomic mass is 28.3. The smallest absolute Gasteiger partial charge is 0.0393 e. The van der Waals surface area contributed by atoms with E-state index in [1.807, 2.05) is 0 Å². The van der Waals surface area contributed by atoms with Crippen LogP contribution in [-0.2, 0) is 0 Å². The highest BCUT2D eigenvalue weighted by Crippen LogP contribution is 2.26. The van der Waals surface area contributed by atoms with Gasteiger partial charge in [0.05, 0.1) is 0 Å². The van der Waals surface area contributed by atoms with Gasteiger partial charge >= 0.3 is 0 Å². The van der Waals surface area contributed by atoms with E-state index in [-0.39, 0.29) is 8.80 Å². The molecule has 0 amide bonds. The van der Waals surface area contributed by atoms with Gasteiger partial charge in [-0.3, -0.25) is 0 Å². The molecule has 1 aliphatic rings. The molecule has 1 saturated heterocycles. The van der Waals surface area contributed by atoms with E-state index in [1.54, 1.807) is 24.9 Å². The number of hydrogen-bond acceptors (Lipinski definition) is 0. The molecule has 0 saturated carbocycles. The van der Waals surface area contributed by atoms with Crippen molar-refractivity contribution < 1.29 is 0 Å². The molecule has 0 nitrogen and oxygen atoms in total. The van der Waals surface area contributed by atoms with Gasteiger partial charge in [0.15, 0.2) is 0 Å². The molecule has 0 aromatic rings. The molecule has 0 N–H and O–H groups in total. The lowest BCUT2D eigenvalue weighted by Crippen LogP contribution is -2.19. The summed E-state index contributed by atoms with van der Waals surface area (Å²) in [6, 6.07) is 3.27. The molecule has 0 atom stereocenters. The van der Waals surface area contributed by atoms with Crippen LogP contribution in [-0.4, -0.2) is 8.80 Å². The van der Waals surface area contributed by atoms with Crippen molar-refractivity contribution in [3.8, 4) is 0 Å². The van der Waals surface area contributed by atoms with Crippen molar-refractivity contribution >= 4 is 8.80 Å². The van der Waals surface area contributed by atoms with Crippen LogP contribution in [0.1, 0.15) is 33.1 Å². The van der Waals surface area contributed by atoms with Gasteiger partial charge in [-0.1, -0.05) is 50.7 Å². The van der Waals surface area contributed by atoms with Gasteiger partial charge in [0, 0.05) is 8.80 Å². The third-order valence-corrected chi connectivity index (χ3v) is 6.78.